The van der Waals surface area contributed by atoms with Crippen LogP contribution in [0.5, 0.6) is 0 Å². The van der Waals surface area contributed by atoms with E-state index >= 15 is 0 Å². The van der Waals surface area contributed by atoms with Crippen LogP contribution in [0.4, 0.5) is 0 Å². The predicted molar refractivity (Wildman–Crippen MR) is 316 cm³/mol. The van der Waals surface area contributed by atoms with Gasteiger partial charge in [-0.3, -0.25) is 67.1 Å². The van der Waals surface area contributed by atoms with Gasteiger partial charge in [-0.05, 0) is 95.9 Å². The SMILES string of the molecule is CC(CCO)CC/C=C\C=C\C(=O)N[C@H](C(=O)N[C@@H]1C(=O)N[C@H](C(C)C)C(=O)N[C@@H](CCCCN)C(=O)N[C@@H](C(O)C(=O)O)C(=O)N[C@@H](CC(=O)O)C(=O)NCC(=O)N[C@H](C(C)C(=O)O)C(=O)N[C@@H](C(C)C)C(=O)N2C[C@H](C)C[C@H]2C(=O)NC1C)C(C)C(=O)O. The van der Waals surface area contributed by atoms with Gasteiger partial charge in [0.15, 0.2) is 6.10 Å². The van der Waals surface area contributed by atoms with Gasteiger partial charge in [0.05, 0.1) is 30.8 Å². The van der Waals surface area contributed by atoms with Gasteiger partial charge in [-0.25, -0.2) is 4.79 Å². The fourth-order valence-electron chi connectivity index (χ4n) is 9.57. The molecule has 504 valence electrons. The number of carbonyl (C=O) groups excluding carboxylic acids is 11. The lowest BCUT2D eigenvalue weighted by Crippen LogP contribution is -2.65. The molecule has 2 heterocycles. The second-order valence-electron chi connectivity index (χ2n) is 23.4. The summed E-state index contributed by atoms with van der Waals surface area (Å²) in [5.41, 5.74) is 5.69. The van der Waals surface area contributed by atoms with E-state index in [4.69, 9.17) is 5.73 Å². The molecule has 0 spiro atoms. The number of carbonyl (C=O) groups is 15. The summed E-state index contributed by atoms with van der Waals surface area (Å²) in [6.45, 7) is 11.6. The van der Waals surface area contributed by atoms with Crippen LogP contribution in [0, 0.1) is 35.5 Å². The Morgan fingerprint density at radius 2 is 1.24 bits per heavy atom. The molecule has 0 aromatic heterocycles. The van der Waals surface area contributed by atoms with Crippen LogP contribution in [0.25, 0.3) is 0 Å². The molecule has 2 rings (SSSR count). The van der Waals surface area contributed by atoms with Gasteiger partial charge in [-0.2, -0.15) is 0 Å². The average Bonchev–Trinajstić information content (AvgIpc) is 1.60. The first-order valence-electron chi connectivity index (χ1n) is 29.6. The molecule has 2 saturated heterocycles. The summed E-state index contributed by atoms with van der Waals surface area (Å²) in [6.07, 6.45) is 3.27. The molecule has 15 atom stereocenters. The zero-order chi connectivity index (χ0) is 68.4. The molecule has 0 aromatic rings. The van der Waals surface area contributed by atoms with Gasteiger partial charge in [0, 0.05) is 19.2 Å². The van der Waals surface area contributed by atoms with Crippen molar-refractivity contribution in [3.63, 3.8) is 0 Å². The molecule has 2 aliphatic heterocycles. The Bertz CT molecular complexity index is 2670. The highest BCUT2D eigenvalue weighted by Gasteiger charge is 2.45. The molecule has 2 fully saturated rings. The van der Waals surface area contributed by atoms with Crippen molar-refractivity contribution in [1.29, 1.82) is 0 Å². The van der Waals surface area contributed by atoms with Crippen molar-refractivity contribution >= 4 is 88.9 Å². The second-order valence-corrected chi connectivity index (χ2v) is 23.4. The number of carboxylic acid groups (broad SMARTS) is 4. The second kappa shape index (κ2) is 37.4. The smallest absolute Gasteiger partial charge is 0.335 e. The standard InChI is InChI=1S/C57H90N12O21/c1-26(2)39-49(79)61-33(17-14-15-20-58)47(77)68-44(45(75)57(89)90)53(83)62-34(23-38(73)74)46(76)59-24-37(72)64-42(31(8)56(87)88)50(80)66-40(27(3)4)54(84)69-25-29(6)22-35(69)48(78)60-32(9)43(52(82)65-39)67-51(81)41(30(7)55(85)86)63-36(71)18-13-11-10-12-16-28(5)19-21-70/h10-11,13,18,26-35,39-45,70,75H,12,14-17,19-25,58H2,1-9H3,(H,59,76)(H,60,78)(H,61,79)(H,62,83)(H,63,71)(H,64,72)(H,65,82)(H,66,80)(H,67,81)(H,68,77)(H,73,74)(H,85,86)(H,87,88)(H,89,90)/b11-10-,18-13+/t28?,29-,30?,31?,32?,33+,34+,35+,39-,40+,41+,42-,43+,44+,45?/m1/s1. The summed E-state index contributed by atoms with van der Waals surface area (Å²) >= 11 is 0. The number of amides is 11. The van der Waals surface area contributed by atoms with Crippen molar-refractivity contribution in [3.05, 3.63) is 24.3 Å². The van der Waals surface area contributed by atoms with Gasteiger partial charge >= 0.3 is 23.9 Å². The minimum Gasteiger partial charge on any atom is -0.481 e. The summed E-state index contributed by atoms with van der Waals surface area (Å²) in [5.74, 6) is -26.0. The number of allylic oxidation sites excluding steroid dienone is 3. The molecule has 2 aliphatic rings. The number of aliphatic hydroxyl groups excluding tert-OH is 2. The van der Waals surface area contributed by atoms with Gasteiger partial charge in [-0.1, -0.05) is 59.8 Å². The highest BCUT2D eigenvalue weighted by Crippen LogP contribution is 2.26. The summed E-state index contributed by atoms with van der Waals surface area (Å²) in [7, 11) is 0. The number of nitrogens with two attached hydrogens (primary N) is 1. The molecule has 33 nitrogen and oxygen atoms in total. The topological polar surface area (TPSA) is 527 Å². The van der Waals surface area contributed by atoms with Crippen molar-refractivity contribution in [3.8, 4) is 0 Å². The highest BCUT2D eigenvalue weighted by atomic mass is 16.4. The van der Waals surface area contributed by atoms with Crippen molar-refractivity contribution < 1.29 is 103 Å². The van der Waals surface area contributed by atoms with Crippen molar-refractivity contribution in [2.75, 3.05) is 26.2 Å². The van der Waals surface area contributed by atoms with Crippen LogP contribution in [0.3, 0.4) is 0 Å². The number of fused-ring (bicyclic) bond motifs is 1. The third kappa shape index (κ3) is 24.4. The van der Waals surface area contributed by atoms with E-state index < -0.39 is 198 Å². The molecular formula is C57H90N12O21. The van der Waals surface area contributed by atoms with Crippen molar-refractivity contribution in [1.82, 2.24) is 58.1 Å². The minimum atomic E-state index is -2.84. The molecule has 0 aromatic carbocycles. The Kier molecular flexibility index (Phi) is 32.2. The van der Waals surface area contributed by atoms with Gasteiger partial charge in [0.1, 0.15) is 54.4 Å². The molecule has 0 aliphatic carbocycles. The van der Waals surface area contributed by atoms with Gasteiger partial charge in [0.2, 0.25) is 65.0 Å². The lowest BCUT2D eigenvalue weighted by molar-refractivity contribution is -0.153. The predicted octanol–water partition coefficient (Wildman–Crippen LogP) is -4.55. The maximum Gasteiger partial charge on any atom is 0.335 e. The number of aliphatic hydroxyl groups is 2. The maximum atomic E-state index is 14.9. The number of nitrogens with zero attached hydrogens (tertiary/aromatic N) is 1. The molecule has 33 heteroatoms. The Labute approximate surface area is 520 Å². The highest BCUT2D eigenvalue weighted by molar-refractivity contribution is 6.02. The van der Waals surface area contributed by atoms with Crippen LogP contribution >= 0.6 is 0 Å². The van der Waals surface area contributed by atoms with Crippen LogP contribution < -0.4 is 58.9 Å². The van der Waals surface area contributed by atoms with Gasteiger partial charge in [-0.15, -0.1) is 0 Å². The summed E-state index contributed by atoms with van der Waals surface area (Å²) in [4.78, 5) is 205. The molecule has 0 bridgehead atoms. The van der Waals surface area contributed by atoms with E-state index in [2.05, 4.69) is 37.2 Å². The maximum absolute atomic E-state index is 14.9. The van der Waals surface area contributed by atoms with E-state index in [9.17, 15) is 103 Å². The number of carboxylic acids is 4. The minimum absolute atomic E-state index is 0.0160. The van der Waals surface area contributed by atoms with E-state index in [0.717, 1.165) is 31.2 Å². The van der Waals surface area contributed by atoms with E-state index in [1.54, 1.807) is 13.0 Å². The Hall–Kier alpha value is -8.59. The van der Waals surface area contributed by atoms with Crippen LogP contribution in [-0.2, 0) is 71.9 Å². The third-order valence-electron chi connectivity index (χ3n) is 15.1. The van der Waals surface area contributed by atoms with E-state index in [1.165, 1.54) is 46.8 Å². The molecule has 5 unspecified atom stereocenters. The summed E-state index contributed by atoms with van der Waals surface area (Å²) < 4.78 is 0. The number of hydrogen-bond acceptors (Lipinski definition) is 18. The number of nitrogens with one attached hydrogen (secondary N) is 10. The van der Waals surface area contributed by atoms with E-state index in [-0.39, 0.29) is 51.3 Å². The lowest BCUT2D eigenvalue weighted by atomic mass is 9.97. The monoisotopic (exact) mass is 1280 g/mol. The molecule has 18 N–H and O–H groups in total. The molecule has 11 amide bonds. The number of unbranched alkanes of at least 4 members (excludes halogenated alkanes) is 1. The number of hydrogen-bond donors (Lipinski definition) is 17. The van der Waals surface area contributed by atoms with Crippen molar-refractivity contribution in [2.24, 2.45) is 41.2 Å². The number of rotatable bonds is 24. The Morgan fingerprint density at radius 1 is 0.656 bits per heavy atom. The van der Waals surface area contributed by atoms with Gasteiger partial charge in [0.25, 0.3) is 0 Å². The van der Waals surface area contributed by atoms with E-state index in [1.807, 2.05) is 22.9 Å². The first-order chi connectivity index (χ1) is 42.1. The largest absolute Gasteiger partial charge is 0.481 e. The third-order valence-corrected chi connectivity index (χ3v) is 15.1. The molecular weight excluding hydrogens is 1190 g/mol. The normalized spacial score (nSPS) is 25.9. The quantitative estimate of drug-likeness (QED) is 0.0246. The average molecular weight is 1280 g/mol. The van der Waals surface area contributed by atoms with Crippen LogP contribution in [0.15, 0.2) is 24.3 Å². The van der Waals surface area contributed by atoms with Crippen LogP contribution in [0.1, 0.15) is 114 Å². The Balaban J connectivity index is 2.95. The lowest BCUT2D eigenvalue weighted by Gasteiger charge is -2.34. The first-order valence-corrected chi connectivity index (χ1v) is 29.6. The van der Waals surface area contributed by atoms with Gasteiger partial charge < -0.3 is 94.4 Å². The fraction of sp³-hybridized carbons (Fsp3) is 0.667. The van der Waals surface area contributed by atoms with Crippen LogP contribution in [-0.4, -0.2) is 217 Å². The molecule has 90 heavy (non-hydrogen) atoms. The molecule has 0 radical (unpaired) electrons. The van der Waals surface area contributed by atoms with E-state index in [0.29, 0.717) is 12.8 Å². The first kappa shape index (κ1) is 77.5. The van der Waals surface area contributed by atoms with Crippen molar-refractivity contribution in [2.45, 2.75) is 180 Å². The summed E-state index contributed by atoms with van der Waals surface area (Å²) in [5, 5.41) is 82.3. The fourth-order valence-corrected chi connectivity index (χ4v) is 9.57. The Morgan fingerprint density at radius 3 is 1.81 bits per heavy atom. The zero-order valence-corrected chi connectivity index (χ0v) is 51.9. The number of aliphatic carboxylic acids is 4. The zero-order valence-electron chi connectivity index (χ0n) is 51.9. The van der Waals surface area contributed by atoms with Crippen LogP contribution in [0.2, 0.25) is 0 Å². The summed E-state index contributed by atoms with van der Waals surface area (Å²) in [6, 6.07) is -18.7. The molecule has 0 saturated carbocycles.